The predicted molar refractivity (Wildman–Crippen MR) is 131 cm³/mol. The van der Waals surface area contributed by atoms with Gasteiger partial charge < -0.3 is 0 Å². The maximum absolute atomic E-state index is 13.6. The molecule has 4 nitrogen and oxygen atoms in total. The molecule has 1 N–H and O–H groups in total. The summed E-state index contributed by atoms with van der Waals surface area (Å²) in [5.41, 5.74) is 7.17. The average molecular weight is 415 g/mol. The van der Waals surface area contributed by atoms with E-state index in [0.29, 0.717) is 11.3 Å². The van der Waals surface area contributed by atoms with Gasteiger partial charge in [0.15, 0.2) is 5.71 Å². The summed E-state index contributed by atoms with van der Waals surface area (Å²) in [5.74, 6) is -0.179. The van der Waals surface area contributed by atoms with Gasteiger partial charge in [0, 0.05) is 16.3 Å². The monoisotopic (exact) mass is 415 g/mol. The van der Waals surface area contributed by atoms with E-state index in [1.165, 1.54) is 0 Å². The Morgan fingerprint density at radius 3 is 2.09 bits per heavy atom. The molecule has 0 unspecified atom stereocenters. The summed E-state index contributed by atoms with van der Waals surface area (Å²) in [5, 5.41) is 7.55. The number of aryl methyl sites for hydroxylation is 1. The third kappa shape index (κ3) is 3.74. The van der Waals surface area contributed by atoms with Crippen LogP contribution < -0.4 is 5.43 Å². The van der Waals surface area contributed by atoms with Crippen LogP contribution in [0.5, 0.6) is 0 Å². The molecule has 0 fully saturated rings. The number of pyridine rings is 1. The highest BCUT2D eigenvalue weighted by Gasteiger charge is 2.21. The van der Waals surface area contributed by atoms with E-state index < -0.39 is 0 Å². The standard InChI is InChI=1S/C28H21N3O/c1-19-15-17-20(18-16-19)28(32)27(31-30-21-9-3-2-4-10-21)26-24-13-6-5-11-22(24)23-12-7-8-14-25(23)29-26/h2-18,30H,1H3/b31-27-. The third-order valence-corrected chi connectivity index (χ3v) is 5.43. The lowest BCUT2D eigenvalue weighted by molar-refractivity contribution is 0.106. The molecule has 1 heterocycles. The summed E-state index contributed by atoms with van der Waals surface area (Å²) in [4.78, 5) is 18.5. The Morgan fingerprint density at radius 2 is 1.34 bits per heavy atom. The number of nitrogens with one attached hydrogen (secondary N) is 1. The Kier molecular flexibility index (Phi) is 5.18. The fraction of sp³-hybridized carbons (Fsp3) is 0.0357. The van der Waals surface area contributed by atoms with Crippen molar-refractivity contribution in [3.63, 3.8) is 0 Å². The largest absolute Gasteiger partial charge is 0.287 e. The number of Topliss-reactive ketones (excluding diaryl/α,β-unsaturated/α-hetero) is 1. The second kappa shape index (κ2) is 8.44. The van der Waals surface area contributed by atoms with Gasteiger partial charge in [-0.05, 0) is 30.5 Å². The van der Waals surface area contributed by atoms with Crippen molar-refractivity contribution in [2.75, 3.05) is 5.43 Å². The summed E-state index contributed by atoms with van der Waals surface area (Å²) < 4.78 is 0. The molecule has 4 heteroatoms. The number of ketones is 1. The zero-order valence-electron chi connectivity index (χ0n) is 17.6. The summed E-state index contributed by atoms with van der Waals surface area (Å²) in [6.07, 6.45) is 0. The van der Waals surface area contributed by atoms with Gasteiger partial charge in [-0.15, -0.1) is 0 Å². The molecule has 5 aromatic rings. The molecule has 32 heavy (non-hydrogen) atoms. The summed E-state index contributed by atoms with van der Waals surface area (Å²) in [7, 11) is 0. The summed E-state index contributed by atoms with van der Waals surface area (Å²) >= 11 is 0. The van der Waals surface area contributed by atoms with Crippen LogP contribution in [-0.4, -0.2) is 16.5 Å². The Hall–Kier alpha value is -4.31. The first-order valence-corrected chi connectivity index (χ1v) is 10.5. The Bertz CT molecular complexity index is 1460. The fourth-order valence-electron chi connectivity index (χ4n) is 3.77. The van der Waals surface area contributed by atoms with E-state index in [0.717, 1.165) is 32.9 Å². The van der Waals surface area contributed by atoms with Crippen molar-refractivity contribution in [1.82, 2.24) is 4.98 Å². The van der Waals surface area contributed by atoms with Crippen molar-refractivity contribution < 1.29 is 4.79 Å². The SMILES string of the molecule is Cc1ccc(C(=O)/C(=N\Nc2ccccc2)c2nc3ccccc3c3ccccc23)cc1. The van der Waals surface area contributed by atoms with E-state index in [2.05, 4.69) is 22.7 Å². The highest BCUT2D eigenvalue weighted by molar-refractivity contribution is 6.53. The number of aromatic nitrogens is 1. The van der Waals surface area contributed by atoms with E-state index in [1.807, 2.05) is 97.9 Å². The molecule has 0 amide bonds. The Morgan fingerprint density at radius 1 is 0.719 bits per heavy atom. The van der Waals surface area contributed by atoms with Crippen molar-refractivity contribution in [2.45, 2.75) is 6.92 Å². The first-order chi connectivity index (χ1) is 15.7. The van der Waals surface area contributed by atoms with Gasteiger partial charge >= 0.3 is 0 Å². The molecule has 0 spiro atoms. The molecule has 0 bridgehead atoms. The van der Waals surface area contributed by atoms with E-state index in [-0.39, 0.29) is 11.5 Å². The predicted octanol–water partition coefficient (Wildman–Crippen LogP) is 6.40. The molecule has 0 saturated carbocycles. The second-order valence-corrected chi connectivity index (χ2v) is 7.66. The van der Waals surface area contributed by atoms with Crippen molar-refractivity contribution in [2.24, 2.45) is 5.10 Å². The normalized spacial score (nSPS) is 11.6. The van der Waals surface area contributed by atoms with Gasteiger partial charge in [-0.1, -0.05) is 90.5 Å². The van der Waals surface area contributed by atoms with Crippen LogP contribution in [0.4, 0.5) is 5.69 Å². The molecule has 0 aliphatic rings. The van der Waals surface area contributed by atoms with Crippen molar-refractivity contribution >= 4 is 38.9 Å². The van der Waals surface area contributed by atoms with Crippen LogP contribution in [-0.2, 0) is 0 Å². The van der Waals surface area contributed by atoms with Crippen LogP contribution in [0.25, 0.3) is 21.7 Å². The van der Waals surface area contributed by atoms with Crippen LogP contribution in [0.15, 0.2) is 108 Å². The van der Waals surface area contributed by atoms with Crippen LogP contribution in [0.1, 0.15) is 21.6 Å². The van der Waals surface area contributed by atoms with Crippen LogP contribution in [0, 0.1) is 6.92 Å². The van der Waals surface area contributed by atoms with Crippen molar-refractivity contribution in [3.05, 3.63) is 120 Å². The molecule has 0 saturated heterocycles. The minimum Gasteiger partial charge on any atom is -0.287 e. The zero-order chi connectivity index (χ0) is 21.9. The van der Waals surface area contributed by atoms with Gasteiger partial charge in [-0.2, -0.15) is 5.10 Å². The number of hydrazone groups is 1. The van der Waals surface area contributed by atoms with Crippen molar-refractivity contribution in [3.8, 4) is 0 Å². The number of carbonyl (C=O) groups is 1. The highest BCUT2D eigenvalue weighted by Crippen LogP contribution is 2.27. The third-order valence-electron chi connectivity index (χ3n) is 5.43. The smallest absolute Gasteiger partial charge is 0.215 e. The second-order valence-electron chi connectivity index (χ2n) is 7.66. The number of benzene rings is 4. The van der Waals surface area contributed by atoms with Gasteiger partial charge in [0.2, 0.25) is 5.78 Å². The van der Waals surface area contributed by atoms with E-state index in [1.54, 1.807) is 0 Å². The molecule has 0 aliphatic heterocycles. The lowest BCUT2D eigenvalue weighted by Crippen LogP contribution is -2.19. The number of anilines is 1. The van der Waals surface area contributed by atoms with Crippen LogP contribution >= 0.6 is 0 Å². The van der Waals surface area contributed by atoms with Gasteiger partial charge in [-0.25, -0.2) is 4.98 Å². The lowest BCUT2D eigenvalue weighted by atomic mass is 9.97. The lowest BCUT2D eigenvalue weighted by Gasteiger charge is -2.12. The Labute approximate surface area is 186 Å². The van der Waals surface area contributed by atoms with Gasteiger partial charge in [0.05, 0.1) is 11.2 Å². The summed E-state index contributed by atoms with van der Waals surface area (Å²) in [6.45, 7) is 2.00. The number of hydrogen-bond acceptors (Lipinski definition) is 4. The number of carbonyl (C=O) groups excluding carboxylic acids is 1. The van der Waals surface area contributed by atoms with Gasteiger partial charge in [0.1, 0.15) is 5.69 Å². The van der Waals surface area contributed by atoms with Gasteiger partial charge in [-0.3, -0.25) is 10.2 Å². The topological polar surface area (TPSA) is 54.4 Å². The number of nitrogens with zero attached hydrogens (tertiary/aromatic N) is 2. The molecule has 1 aromatic heterocycles. The Balaban J connectivity index is 1.73. The molecule has 4 aromatic carbocycles. The number of fused-ring (bicyclic) bond motifs is 3. The minimum absolute atomic E-state index is 0.179. The highest BCUT2D eigenvalue weighted by atomic mass is 16.1. The maximum Gasteiger partial charge on any atom is 0.215 e. The average Bonchev–Trinajstić information content (AvgIpc) is 2.85. The number of hydrogen-bond donors (Lipinski definition) is 1. The molecule has 0 radical (unpaired) electrons. The van der Waals surface area contributed by atoms with Gasteiger partial charge in [0.25, 0.3) is 0 Å². The number of rotatable bonds is 5. The maximum atomic E-state index is 13.6. The van der Waals surface area contributed by atoms with Crippen LogP contribution in [0.3, 0.4) is 0 Å². The molecular weight excluding hydrogens is 394 g/mol. The van der Waals surface area contributed by atoms with E-state index in [9.17, 15) is 4.79 Å². The first kappa shape index (κ1) is 19.6. The zero-order valence-corrected chi connectivity index (χ0v) is 17.6. The fourth-order valence-corrected chi connectivity index (χ4v) is 3.77. The van der Waals surface area contributed by atoms with E-state index in [4.69, 9.17) is 4.98 Å². The van der Waals surface area contributed by atoms with Crippen LogP contribution in [0.2, 0.25) is 0 Å². The molecular formula is C28H21N3O. The summed E-state index contributed by atoms with van der Waals surface area (Å²) in [6, 6.07) is 33.1. The first-order valence-electron chi connectivity index (χ1n) is 10.5. The molecule has 5 rings (SSSR count). The molecule has 0 aliphatic carbocycles. The molecule has 154 valence electrons. The molecule has 0 atom stereocenters. The van der Waals surface area contributed by atoms with E-state index >= 15 is 0 Å². The quantitative estimate of drug-likeness (QED) is 0.156. The van der Waals surface area contributed by atoms with Crippen molar-refractivity contribution in [1.29, 1.82) is 0 Å². The minimum atomic E-state index is -0.179. The number of para-hydroxylation sites is 2.